The molecule has 0 aromatic heterocycles. The van der Waals surface area contributed by atoms with Crippen molar-refractivity contribution in [2.45, 2.75) is 20.3 Å². The lowest BCUT2D eigenvalue weighted by Crippen LogP contribution is -2.33. The Morgan fingerprint density at radius 3 is 2.56 bits per heavy atom. The van der Waals surface area contributed by atoms with Crippen molar-refractivity contribution < 1.29 is 4.79 Å². The molecule has 0 heterocycles. The number of nitrogens with one attached hydrogen (secondary N) is 2. The fraction of sp³-hybridized carbons (Fsp3) is 0.385. The summed E-state index contributed by atoms with van der Waals surface area (Å²) in [5.74, 6) is -0.390. The van der Waals surface area contributed by atoms with Gasteiger partial charge in [-0.25, -0.2) is 0 Å². The topological polar surface area (TPSA) is 53.0 Å². The summed E-state index contributed by atoms with van der Waals surface area (Å²) in [6, 6.07) is 10.0. The molecule has 0 aliphatic rings. The van der Waals surface area contributed by atoms with Crippen molar-refractivity contribution in [2.24, 2.45) is 5.92 Å². The van der Waals surface area contributed by atoms with Gasteiger partial charge in [-0.1, -0.05) is 30.3 Å². The van der Waals surface area contributed by atoms with Crippen LogP contribution in [-0.2, 0) is 11.2 Å². The summed E-state index contributed by atoms with van der Waals surface area (Å²) in [4.78, 5) is 11.5. The van der Waals surface area contributed by atoms with Crippen LogP contribution in [0.25, 0.3) is 0 Å². The third kappa shape index (κ3) is 3.85. The fourth-order valence-electron chi connectivity index (χ4n) is 1.32. The molecule has 3 heteroatoms. The number of rotatable bonds is 5. The predicted molar refractivity (Wildman–Crippen MR) is 65.7 cm³/mol. The van der Waals surface area contributed by atoms with E-state index in [0.717, 1.165) is 6.42 Å². The highest BCUT2D eigenvalue weighted by molar-refractivity contribution is 6.01. The van der Waals surface area contributed by atoms with Gasteiger partial charge in [0.1, 0.15) is 0 Å². The van der Waals surface area contributed by atoms with Crippen LogP contribution in [0.15, 0.2) is 30.3 Å². The van der Waals surface area contributed by atoms with Crippen LogP contribution in [0.2, 0.25) is 0 Å². The first-order valence-electron chi connectivity index (χ1n) is 5.48. The Balaban J connectivity index is 2.31. The largest absolute Gasteiger partial charge is 0.355 e. The number of benzene rings is 1. The highest BCUT2D eigenvalue weighted by Gasteiger charge is 2.13. The van der Waals surface area contributed by atoms with E-state index in [2.05, 4.69) is 5.32 Å². The summed E-state index contributed by atoms with van der Waals surface area (Å²) in [7, 11) is 0. The van der Waals surface area contributed by atoms with E-state index in [4.69, 9.17) is 5.41 Å². The van der Waals surface area contributed by atoms with E-state index < -0.39 is 0 Å². The second-order valence-corrected chi connectivity index (χ2v) is 3.93. The molecular formula is C13H18N2O. The Labute approximate surface area is 96.4 Å². The molecule has 2 N–H and O–H groups in total. The lowest BCUT2D eigenvalue weighted by atomic mass is 10.1. The first kappa shape index (κ1) is 12.4. The monoisotopic (exact) mass is 218 g/mol. The zero-order chi connectivity index (χ0) is 12.0. The van der Waals surface area contributed by atoms with Crippen LogP contribution in [0, 0.1) is 11.3 Å². The minimum Gasteiger partial charge on any atom is -0.355 e. The van der Waals surface area contributed by atoms with Gasteiger partial charge in [0, 0.05) is 12.3 Å². The average molecular weight is 218 g/mol. The maximum atomic E-state index is 11.5. The van der Waals surface area contributed by atoms with Crippen molar-refractivity contribution in [2.75, 3.05) is 6.54 Å². The van der Waals surface area contributed by atoms with Crippen LogP contribution in [0.1, 0.15) is 19.4 Å². The quantitative estimate of drug-likeness (QED) is 0.730. The Morgan fingerprint density at radius 1 is 1.38 bits per heavy atom. The van der Waals surface area contributed by atoms with Crippen LogP contribution < -0.4 is 5.32 Å². The maximum absolute atomic E-state index is 11.5. The maximum Gasteiger partial charge on any atom is 0.228 e. The summed E-state index contributed by atoms with van der Waals surface area (Å²) in [5, 5.41) is 10.2. The van der Waals surface area contributed by atoms with E-state index in [1.54, 1.807) is 13.8 Å². The smallest absolute Gasteiger partial charge is 0.228 e. The van der Waals surface area contributed by atoms with Gasteiger partial charge >= 0.3 is 0 Å². The molecule has 1 atom stereocenters. The molecule has 0 saturated carbocycles. The van der Waals surface area contributed by atoms with Crippen LogP contribution in [0.4, 0.5) is 0 Å². The molecule has 16 heavy (non-hydrogen) atoms. The minimum atomic E-state index is -0.323. The molecule has 0 fully saturated rings. The molecule has 1 unspecified atom stereocenters. The number of carbonyl (C=O) groups excluding carboxylic acids is 1. The molecule has 1 aromatic carbocycles. The molecular weight excluding hydrogens is 200 g/mol. The second-order valence-electron chi connectivity index (χ2n) is 3.93. The number of hydrogen-bond donors (Lipinski definition) is 2. The summed E-state index contributed by atoms with van der Waals surface area (Å²) < 4.78 is 0. The Kier molecular flexibility index (Phi) is 4.70. The molecule has 1 aromatic rings. The third-order valence-electron chi connectivity index (χ3n) is 2.60. The Bertz CT molecular complexity index is 359. The van der Waals surface area contributed by atoms with Crippen molar-refractivity contribution >= 4 is 11.6 Å². The summed E-state index contributed by atoms with van der Waals surface area (Å²) in [6.07, 6.45) is 0.830. The molecule has 0 bridgehead atoms. The Morgan fingerprint density at radius 2 is 2.00 bits per heavy atom. The highest BCUT2D eigenvalue weighted by Crippen LogP contribution is 2.00. The molecule has 1 rings (SSSR count). The fourth-order valence-corrected chi connectivity index (χ4v) is 1.32. The molecule has 0 radical (unpaired) electrons. The van der Waals surface area contributed by atoms with Gasteiger partial charge in [0.15, 0.2) is 0 Å². The van der Waals surface area contributed by atoms with Gasteiger partial charge in [0.05, 0.1) is 5.92 Å². The predicted octanol–water partition coefficient (Wildman–Crippen LogP) is 2.02. The van der Waals surface area contributed by atoms with E-state index in [1.165, 1.54) is 5.56 Å². The van der Waals surface area contributed by atoms with E-state index in [1.807, 2.05) is 30.3 Å². The van der Waals surface area contributed by atoms with Crippen molar-refractivity contribution in [1.29, 1.82) is 5.41 Å². The number of amides is 1. The second kappa shape index (κ2) is 6.05. The first-order chi connectivity index (χ1) is 7.61. The zero-order valence-corrected chi connectivity index (χ0v) is 9.79. The number of hydrogen-bond acceptors (Lipinski definition) is 2. The SMILES string of the molecule is CC(=N)C(C)C(=O)NCCc1ccccc1. The highest BCUT2D eigenvalue weighted by atomic mass is 16.1. The van der Waals surface area contributed by atoms with Gasteiger partial charge in [0.25, 0.3) is 0 Å². The van der Waals surface area contributed by atoms with E-state index >= 15 is 0 Å². The minimum absolute atomic E-state index is 0.0663. The zero-order valence-electron chi connectivity index (χ0n) is 9.79. The molecule has 86 valence electrons. The van der Waals surface area contributed by atoms with Gasteiger partial charge in [-0.2, -0.15) is 0 Å². The van der Waals surface area contributed by atoms with Crippen molar-refractivity contribution in [3.05, 3.63) is 35.9 Å². The lowest BCUT2D eigenvalue weighted by molar-refractivity contribution is -0.122. The van der Waals surface area contributed by atoms with Gasteiger partial charge < -0.3 is 10.7 Å². The summed E-state index contributed by atoms with van der Waals surface area (Å²) in [6.45, 7) is 4.03. The number of carbonyl (C=O) groups is 1. The van der Waals surface area contributed by atoms with E-state index in [9.17, 15) is 4.79 Å². The Hall–Kier alpha value is -1.64. The third-order valence-corrected chi connectivity index (χ3v) is 2.60. The molecule has 0 spiro atoms. The summed E-state index contributed by atoms with van der Waals surface area (Å²) >= 11 is 0. The van der Waals surface area contributed by atoms with Crippen molar-refractivity contribution in [3.8, 4) is 0 Å². The van der Waals surface area contributed by atoms with Crippen molar-refractivity contribution in [3.63, 3.8) is 0 Å². The van der Waals surface area contributed by atoms with Crippen LogP contribution in [0.3, 0.4) is 0 Å². The van der Waals surface area contributed by atoms with Crippen molar-refractivity contribution in [1.82, 2.24) is 5.32 Å². The average Bonchev–Trinajstić information content (AvgIpc) is 2.29. The molecule has 0 aliphatic carbocycles. The molecule has 1 amide bonds. The summed E-state index contributed by atoms with van der Waals surface area (Å²) in [5.41, 5.74) is 1.61. The van der Waals surface area contributed by atoms with Crippen LogP contribution in [0.5, 0.6) is 0 Å². The first-order valence-corrected chi connectivity index (χ1v) is 5.48. The molecule has 0 saturated heterocycles. The van der Waals surface area contributed by atoms with Crippen LogP contribution >= 0.6 is 0 Å². The van der Waals surface area contributed by atoms with Gasteiger partial charge in [-0.05, 0) is 25.8 Å². The van der Waals surface area contributed by atoms with Crippen LogP contribution in [-0.4, -0.2) is 18.2 Å². The normalized spacial score (nSPS) is 11.9. The van der Waals surface area contributed by atoms with Gasteiger partial charge in [-0.3, -0.25) is 4.79 Å². The van der Waals surface area contributed by atoms with E-state index in [-0.39, 0.29) is 11.8 Å². The molecule has 3 nitrogen and oxygen atoms in total. The lowest BCUT2D eigenvalue weighted by Gasteiger charge is -2.10. The molecule has 0 aliphatic heterocycles. The van der Waals surface area contributed by atoms with Gasteiger partial charge in [0.2, 0.25) is 5.91 Å². The van der Waals surface area contributed by atoms with Gasteiger partial charge in [-0.15, -0.1) is 0 Å². The standard InChI is InChI=1S/C13H18N2O/c1-10(11(2)14)13(16)15-9-8-12-6-4-3-5-7-12/h3-7,10,14H,8-9H2,1-2H3,(H,15,16). The van der Waals surface area contributed by atoms with E-state index in [0.29, 0.717) is 12.3 Å².